The van der Waals surface area contributed by atoms with E-state index in [-0.39, 0.29) is 5.78 Å². The third-order valence-electron chi connectivity index (χ3n) is 3.04. The Morgan fingerprint density at radius 1 is 1.15 bits per heavy atom. The number of rotatable bonds is 4. The number of aryl methyl sites for hydroxylation is 3. The fraction of sp³-hybridized carbons (Fsp3) is 0.235. The molecule has 2 rings (SSSR count). The molecule has 1 aromatic carbocycles. The highest BCUT2D eigenvalue weighted by molar-refractivity contribution is 6.03. The van der Waals surface area contributed by atoms with Crippen LogP contribution < -0.4 is 5.32 Å². The van der Waals surface area contributed by atoms with Crippen molar-refractivity contribution < 1.29 is 9.21 Å². The average Bonchev–Trinajstić information content (AvgIpc) is 2.79. The van der Waals surface area contributed by atoms with Crippen LogP contribution >= 0.6 is 0 Å². The number of anilines is 1. The molecule has 0 bridgehead atoms. The standard InChI is InChI=1S/C17H19NO2/c1-11-5-7-15(12(2)9-11)18-13(3)10-16(19)17-8-6-14(4)20-17/h5-10,18H,1-4H3/b13-10+. The van der Waals surface area contributed by atoms with Crippen LogP contribution in [0.2, 0.25) is 0 Å². The van der Waals surface area contributed by atoms with Crippen molar-refractivity contribution in [3.05, 3.63) is 64.8 Å². The molecule has 1 heterocycles. The lowest BCUT2D eigenvalue weighted by molar-refractivity contribution is 0.102. The van der Waals surface area contributed by atoms with E-state index in [1.807, 2.05) is 32.9 Å². The van der Waals surface area contributed by atoms with Crippen LogP contribution in [-0.4, -0.2) is 5.78 Å². The van der Waals surface area contributed by atoms with E-state index in [1.54, 1.807) is 18.2 Å². The van der Waals surface area contributed by atoms with Gasteiger partial charge in [0, 0.05) is 17.5 Å². The Labute approximate surface area is 119 Å². The van der Waals surface area contributed by atoms with Crippen molar-refractivity contribution in [3.8, 4) is 0 Å². The second-order valence-corrected chi connectivity index (χ2v) is 5.05. The van der Waals surface area contributed by atoms with Crippen molar-refractivity contribution >= 4 is 11.5 Å². The second-order valence-electron chi connectivity index (χ2n) is 5.05. The number of benzene rings is 1. The fourth-order valence-corrected chi connectivity index (χ4v) is 2.04. The molecule has 1 aromatic heterocycles. The molecular formula is C17H19NO2. The van der Waals surface area contributed by atoms with Gasteiger partial charge in [-0.1, -0.05) is 17.7 Å². The number of hydrogen-bond donors (Lipinski definition) is 1. The molecule has 0 radical (unpaired) electrons. The summed E-state index contributed by atoms with van der Waals surface area (Å²) in [6, 6.07) is 9.64. The predicted molar refractivity (Wildman–Crippen MR) is 81.1 cm³/mol. The van der Waals surface area contributed by atoms with Gasteiger partial charge in [0.25, 0.3) is 0 Å². The van der Waals surface area contributed by atoms with E-state index in [2.05, 4.69) is 18.3 Å². The Balaban J connectivity index is 2.13. The number of furan rings is 1. The van der Waals surface area contributed by atoms with E-state index in [0.29, 0.717) is 5.76 Å². The quantitative estimate of drug-likeness (QED) is 0.660. The minimum Gasteiger partial charge on any atom is -0.458 e. The number of allylic oxidation sites excluding steroid dienone is 2. The molecule has 0 saturated carbocycles. The van der Waals surface area contributed by atoms with E-state index < -0.39 is 0 Å². The van der Waals surface area contributed by atoms with Gasteiger partial charge in [-0.2, -0.15) is 0 Å². The number of hydrogen-bond acceptors (Lipinski definition) is 3. The number of nitrogens with one attached hydrogen (secondary N) is 1. The summed E-state index contributed by atoms with van der Waals surface area (Å²) in [6.45, 7) is 7.79. The summed E-state index contributed by atoms with van der Waals surface area (Å²) in [7, 11) is 0. The van der Waals surface area contributed by atoms with Crippen molar-refractivity contribution in [2.75, 3.05) is 5.32 Å². The molecule has 0 unspecified atom stereocenters. The summed E-state index contributed by atoms with van der Waals surface area (Å²) in [4.78, 5) is 12.0. The Kier molecular flexibility index (Phi) is 4.08. The summed E-state index contributed by atoms with van der Waals surface area (Å²) >= 11 is 0. The molecule has 0 spiro atoms. The van der Waals surface area contributed by atoms with Gasteiger partial charge in [0.15, 0.2) is 5.76 Å². The maximum absolute atomic E-state index is 12.0. The molecule has 0 aliphatic heterocycles. The van der Waals surface area contributed by atoms with E-state index in [0.717, 1.165) is 22.7 Å². The van der Waals surface area contributed by atoms with E-state index in [1.165, 1.54) is 5.56 Å². The summed E-state index contributed by atoms with van der Waals surface area (Å²) in [5.74, 6) is 0.971. The molecule has 0 amide bonds. The van der Waals surface area contributed by atoms with Gasteiger partial charge < -0.3 is 9.73 Å². The molecule has 104 valence electrons. The minimum atomic E-state index is -0.132. The maximum atomic E-state index is 12.0. The molecule has 0 atom stereocenters. The Morgan fingerprint density at radius 3 is 2.50 bits per heavy atom. The zero-order valence-corrected chi connectivity index (χ0v) is 12.3. The largest absolute Gasteiger partial charge is 0.458 e. The highest BCUT2D eigenvalue weighted by Crippen LogP contribution is 2.18. The molecule has 1 N–H and O–H groups in total. The van der Waals surface area contributed by atoms with Gasteiger partial charge in [-0.15, -0.1) is 0 Å². The van der Waals surface area contributed by atoms with E-state index in [4.69, 9.17) is 4.42 Å². The molecule has 0 aliphatic rings. The van der Waals surface area contributed by atoms with Crippen LogP contribution in [0.25, 0.3) is 0 Å². The van der Waals surface area contributed by atoms with Crippen LogP contribution in [0.5, 0.6) is 0 Å². The lowest BCUT2D eigenvalue weighted by Crippen LogP contribution is -2.02. The topological polar surface area (TPSA) is 42.2 Å². The van der Waals surface area contributed by atoms with Crippen LogP contribution in [0.3, 0.4) is 0 Å². The van der Waals surface area contributed by atoms with Crippen LogP contribution in [0.15, 0.2) is 46.5 Å². The maximum Gasteiger partial charge on any atom is 0.222 e. The summed E-state index contributed by atoms with van der Waals surface area (Å²) in [5.41, 5.74) is 4.17. The van der Waals surface area contributed by atoms with Gasteiger partial charge in [0.2, 0.25) is 5.78 Å². The minimum absolute atomic E-state index is 0.132. The molecule has 3 heteroatoms. The Morgan fingerprint density at radius 2 is 1.90 bits per heavy atom. The molecule has 0 aliphatic carbocycles. The zero-order chi connectivity index (χ0) is 14.7. The summed E-state index contributed by atoms with van der Waals surface area (Å²) < 4.78 is 5.31. The molecular weight excluding hydrogens is 250 g/mol. The normalized spacial score (nSPS) is 11.5. The third-order valence-corrected chi connectivity index (χ3v) is 3.04. The lowest BCUT2D eigenvalue weighted by atomic mass is 10.1. The first-order valence-electron chi connectivity index (χ1n) is 6.59. The average molecular weight is 269 g/mol. The van der Waals surface area contributed by atoms with Gasteiger partial charge in [0.05, 0.1) is 0 Å². The monoisotopic (exact) mass is 269 g/mol. The van der Waals surface area contributed by atoms with Crippen LogP contribution in [0.1, 0.15) is 34.4 Å². The molecule has 2 aromatic rings. The fourth-order valence-electron chi connectivity index (χ4n) is 2.04. The first-order valence-corrected chi connectivity index (χ1v) is 6.59. The first kappa shape index (κ1) is 14.1. The van der Waals surface area contributed by atoms with Crippen LogP contribution in [0, 0.1) is 20.8 Å². The Hall–Kier alpha value is -2.29. The van der Waals surface area contributed by atoms with E-state index in [9.17, 15) is 4.79 Å². The van der Waals surface area contributed by atoms with Crippen LogP contribution in [0.4, 0.5) is 5.69 Å². The number of carbonyl (C=O) groups is 1. The SMILES string of the molecule is C/C(=C\C(=O)c1ccc(C)o1)Nc1ccc(C)cc1C. The van der Waals surface area contributed by atoms with Gasteiger partial charge in [-0.25, -0.2) is 0 Å². The van der Waals surface area contributed by atoms with Crippen molar-refractivity contribution in [2.24, 2.45) is 0 Å². The highest BCUT2D eigenvalue weighted by atomic mass is 16.3. The first-order chi connectivity index (χ1) is 9.45. The molecule has 3 nitrogen and oxygen atoms in total. The van der Waals surface area contributed by atoms with Crippen molar-refractivity contribution in [1.29, 1.82) is 0 Å². The Bertz CT molecular complexity index is 665. The van der Waals surface area contributed by atoms with Crippen molar-refractivity contribution in [1.82, 2.24) is 0 Å². The third kappa shape index (κ3) is 3.38. The summed E-state index contributed by atoms with van der Waals surface area (Å²) in [5, 5.41) is 3.24. The second kappa shape index (κ2) is 5.78. The van der Waals surface area contributed by atoms with Gasteiger partial charge in [-0.3, -0.25) is 4.79 Å². The van der Waals surface area contributed by atoms with Crippen molar-refractivity contribution in [3.63, 3.8) is 0 Å². The van der Waals surface area contributed by atoms with Gasteiger partial charge >= 0.3 is 0 Å². The molecule has 0 saturated heterocycles. The number of carbonyl (C=O) groups excluding carboxylic acids is 1. The molecule has 0 fully saturated rings. The van der Waals surface area contributed by atoms with Gasteiger partial charge in [-0.05, 0) is 51.5 Å². The van der Waals surface area contributed by atoms with Crippen LogP contribution in [-0.2, 0) is 0 Å². The summed E-state index contributed by atoms with van der Waals surface area (Å²) in [6.07, 6.45) is 1.55. The van der Waals surface area contributed by atoms with Crippen molar-refractivity contribution in [2.45, 2.75) is 27.7 Å². The highest BCUT2D eigenvalue weighted by Gasteiger charge is 2.08. The smallest absolute Gasteiger partial charge is 0.222 e. The zero-order valence-electron chi connectivity index (χ0n) is 12.3. The number of ketones is 1. The molecule has 20 heavy (non-hydrogen) atoms. The lowest BCUT2D eigenvalue weighted by Gasteiger charge is -2.10. The van der Waals surface area contributed by atoms with Gasteiger partial charge in [0.1, 0.15) is 5.76 Å². The predicted octanol–water partition coefficient (Wildman–Crippen LogP) is 4.40. The van der Waals surface area contributed by atoms with E-state index >= 15 is 0 Å².